The van der Waals surface area contributed by atoms with Crippen molar-refractivity contribution in [3.63, 3.8) is 0 Å². The van der Waals surface area contributed by atoms with Crippen LogP contribution in [-0.2, 0) is 17.6 Å². The number of aryl methyl sites for hydroxylation is 1. The number of aromatic nitrogens is 3. The monoisotopic (exact) mass is 404 g/mol. The number of carbonyl (C=O) groups is 1. The van der Waals surface area contributed by atoms with Crippen molar-refractivity contribution in [2.75, 3.05) is 5.75 Å². The lowest BCUT2D eigenvalue weighted by molar-refractivity contribution is -0.119. The normalized spacial score (nSPS) is 17.4. The largest absolute Gasteiger partial charge is 0.353 e. The maximum atomic E-state index is 12.3. The van der Waals surface area contributed by atoms with E-state index in [2.05, 4.69) is 39.3 Å². The Morgan fingerprint density at radius 1 is 1.26 bits per heavy atom. The molecule has 0 radical (unpaired) electrons. The van der Waals surface area contributed by atoms with Crippen LogP contribution in [-0.4, -0.2) is 32.5 Å². The third kappa shape index (κ3) is 4.09. The van der Waals surface area contributed by atoms with Crippen molar-refractivity contribution in [2.45, 2.75) is 82.5 Å². The lowest BCUT2D eigenvalue weighted by Gasteiger charge is -2.16. The van der Waals surface area contributed by atoms with E-state index in [1.54, 1.807) is 0 Å². The summed E-state index contributed by atoms with van der Waals surface area (Å²) < 4.78 is 2.20. The predicted octanol–water partition coefficient (Wildman–Crippen LogP) is 4.62. The molecule has 0 aliphatic heterocycles. The molecule has 2 aromatic rings. The molecule has 0 saturated heterocycles. The molecule has 146 valence electrons. The predicted molar refractivity (Wildman–Crippen MR) is 111 cm³/mol. The highest BCUT2D eigenvalue weighted by Crippen LogP contribution is 2.37. The fourth-order valence-corrected chi connectivity index (χ4v) is 6.18. The van der Waals surface area contributed by atoms with E-state index in [4.69, 9.17) is 0 Å². The molecule has 5 nitrogen and oxygen atoms in total. The average Bonchev–Trinajstić information content (AvgIpc) is 3.38. The molecule has 0 atom stereocenters. The number of nitrogens with zero attached hydrogens (tertiary/aromatic N) is 3. The standard InChI is InChI=1S/C20H28N4OS2/c1-13(2)24-19(16-11-26-17-10-6-5-9-15(16)17)22-23-20(24)27-12-18(25)21-14-7-3-4-8-14/h11,13-14H,3-10,12H2,1-2H3,(H,21,25). The van der Waals surface area contributed by atoms with Crippen LogP contribution in [0.3, 0.4) is 0 Å². The Morgan fingerprint density at radius 3 is 2.81 bits per heavy atom. The fraction of sp³-hybridized carbons (Fsp3) is 0.650. The summed E-state index contributed by atoms with van der Waals surface area (Å²) in [5, 5.41) is 15.2. The molecule has 0 spiro atoms. The van der Waals surface area contributed by atoms with Gasteiger partial charge in [0.1, 0.15) is 0 Å². The van der Waals surface area contributed by atoms with Crippen LogP contribution in [0.5, 0.6) is 0 Å². The number of rotatable bonds is 6. The third-order valence-corrected chi connectivity index (χ3v) is 7.57. The summed E-state index contributed by atoms with van der Waals surface area (Å²) >= 11 is 3.36. The zero-order chi connectivity index (χ0) is 18.8. The second kappa shape index (κ2) is 8.35. The van der Waals surface area contributed by atoms with Crippen molar-refractivity contribution in [3.8, 4) is 11.4 Å². The van der Waals surface area contributed by atoms with Gasteiger partial charge in [0, 0.05) is 27.9 Å². The molecule has 1 amide bonds. The van der Waals surface area contributed by atoms with E-state index >= 15 is 0 Å². The van der Waals surface area contributed by atoms with Crippen molar-refractivity contribution in [1.82, 2.24) is 20.1 Å². The summed E-state index contributed by atoms with van der Waals surface area (Å²) in [7, 11) is 0. The molecule has 0 unspecified atom stereocenters. The Bertz CT molecular complexity index is 805. The quantitative estimate of drug-likeness (QED) is 0.714. The van der Waals surface area contributed by atoms with E-state index in [0.717, 1.165) is 30.2 Å². The molecule has 7 heteroatoms. The molecule has 0 bridgehead atoms. The van der Waals surface area contributed by atoms with Crippen LogP contribution in [0, 0.1) is 0 Å². The van der Waals surface area contributed by atoms with Crippen LogP contribution in [0.15, 0.2) is 10.5 Å². The topological polar surface area (TPSA) is 59.8 Å². The first-order valence-corrected chi connectivity index (χ1v) is 12.0. The second-order valence-electron chi connectivity index (χ2n) is 7.87. The highest BCUT2D eigenvalue weighted by Gasteiger charge is 2.24. The number of hydrogen-bond acceptors (Lipinski definition) is 5. The Morgan fingerprint density at radius 2 is 2.04 bits per heavy atom. The minimum Gasteiger partial charge on any atom is -0.353 e. The molecule has 4 rings (SSSR count). The van der Waals surface area contributed by atoms with Gasteiger partial charge in [-0.1, -0.05) is 24.6 Å². The van der Waals surface area contributed by atoms with E-state index < -0.39 is 0 Å². The molecule has 0 aromatic carbocycles. The number of carbonyl (C=O) groups excluding carboxylic acids is 1. The van der Waals surface area contributed by atoms with Crippen LogP contribution in [0.25, 0.3) is 11.4 Å². The van der Waals surface area contributed by atoms with Gasteiger partial charge in [-0.05, 0) is 57.9 Å². The maximum absolute atomic E-state index is 12.3. The van der Waals surface area contributed by atoms with Gasteiger partial charge in [0.05, 0.1) is 5.75 Å². The summed E-state index contributed by atoms with van der Waals surface area (Å²) in [6.45, 7) is 4.32. The lowest BCUT2D eigenvalue weighted by Crippen LogP contribution is -2.33. The number of thioether (sulfide) groups is 1. The average molecular weight is 405 g/mol. The number of thiophene rings is 1. The molecule has 27 heavy (non-hydrogen) atoms. The zero-order valence-electron chi connectivity index (χ0n) is 16.2. The Kier molecular flexibility index (Phi) is 5.88. The zero-order valence-corrected chi connectivity index (χ0v) is 17.8. The first-order valence-electron chi connectivity index (χ1n) is 10.1. The SMILES string of the molecule is CC(C)n1c(SCC(=O)NC2CCCC2)nnc1-c1csc2c1CCCC2. The molecule has 2 heterocycles. The van der Waals surface area contributed by atoms with Gasteiger partial charge in [-0.25, -0.2) is 0 Å². The first kappa shape index (κ1) is 19.0. The smallest absolute Gasteiger partial charge is 0.230 e. The molecular weight excluding hydrogens is 376 g/mol. The van der Waals surface area contributed by atoms with Gasteiger partial charge in [-0.15, -0.1) is 21.5 Å². The third-order valence-electron chi connectivity index (χ3n) is 5.54. The van der Waals surface area contributed by atoms with Crippen molar-refractivity contribution in [1.29, 1.82) is 0 Å². The molecule has 2 aliphatic carbocycles. The Balaban J connectivity index is 1.51. The second-order valence-corrected chi connectivity index (χ2v) is 9.77. The van der Waals surface area contributed by atoms with Crippen LogP contribution < -0.4 is 5.32 Å². The number of amides is 1. The number of fused-ring (bicyclic) bond motifs is 1. The highest BCUT2D eigenvalue weighted by atomic mass is 32.2. The number of hydrogen-bond donors (Lipinski definition) is 1. The van der Waals surface area contributed by atoms with Gasteiger partial charge in [-0.2, -0.15) is 0 Å². The summed E-state index contributed by atoms with van der Waals surface area (Å²) in [6.07, 6.45) is 9.58. The maximum Gasteiger partial charge on any atom is 0.230 e. The molecule has 1 N–H and O–H groups in total. The van der Waals surface area contributed by atoms with Crippen molar-refractivity contribution < 1.29 is 4.79 Å². The highest BCUT2D eigenvalue weighted by molar-refractivity contribution is 7.99. The molecular formula is C20H28N4OS2. The van der Waals surface area contributed by atoms with Crippen LogP contribution >= 0.6 is 23.1 Å². The molecule has 2 aliphatic rings. The van der Waals surface area contributed by atoms with E-state index in [1.165, 1.54) is 59.9 Å². The minimum atomic E-state index is 0.111. The van der Waals surface area contributed by atoms with Gasteiger partial charge >= 0.3 is 0 Å². The van der Waals surface area contributed by atoms with E-state index in [-0.39, 0.29) is 11.9 Å². The lowest BCUT2D eigenvalue weighted by atomic mass is 9.95. The fourth-order valence-electron chi connectivity index (χ4n) is 4.18. The van der Waals surface area contributed by atoms with Gasteiger partial charge < -0.3 is 5.32 Å². The Hall–Kier alpha value is -1.34. The van der Waals surface area contributed by atoms with Gasteiger partial charge in [0.25, 0.3) is 0 Å². The van der Waals surface area contributed by atoms with Crippen LogP contribution in [0.4, 0.5) is 0 Å². The summed E-state index contributed by atoms with van der Waals surface area (Å²) in [5.74, 6) is 1.48. The number of nitrogens with one attached hydrogen (secondary N) is 1. The van der Waals surface area contributed by atoms with E-state index in [1.807, 2.05) is 11.3 Å². The summed E-state index contributed by atoms with van der Waals surface area (Å²) in [4.78, 5) is 13.8. The minimum absolute atomic E-state index is 0.111. The van der Waals surface area contributed by atoms with Gasteiger partial charge in [0.2, 0.25) is 5.91 Å². The summed E-state index contributed by atoms with van der Waals surface area (Å²) in [6, 6.07) is 0.628. The van der Waals surface area contributed by atoms with Crippen molar-refractivity contribution in [3.05, 3.63) is 15.8 Å². The van der Waals surface area contributed by atoms with E-state index in [0.29, 0.717) is 11.8 Å². The van der Waals surface area contributed by atoms with Gasteiger partial charge in [-0.3, -0.25) is 9.36 Å². The van der Waals surface area contributed by atoms with Crippen LogP contribution in [0.1, 0.15) is 68.9 Å². The molecule has 1 fully saturated rings. The van der Waals surface area contributed by atoms with Crippen LogP contribution in [0.2, 0.25) is 0 Å². The molecule has 1 saturated carbocycles. The summed E-state index contributed by atoms with van der Waals surface area (Å²) in [5.41, 5.74) is 2.72. The molecule has 2 aromatic heterocycles. The van der Waals surface area contributed by atoms with E-state index in [9.17, 15) is 4.79 Å². The van der Waals surface area contributed by atoms with Crippen molar-refractivity contribution in [2.24, 2.45) is 0 Å². The van der Waals surface area contributed by atoms with Crippen molar-refractivity contribution >= 4 is 29.0 Å². The van der Waals surface area contributed by atoms with Gasteiger partial charge in [0.15, 0.2) is 11.0 Å². The Labute approximate surface area is 169 Å². The first-order chi connectivity index (χ1) is 13.1.